The number of thiazole rings is 1. The Morgan fingerprint density at radius 1 is 1.14 bits per heavy atom. The third-order valence-electron chi connectivity index (χ3n) is 5.03. The van der Waals surface area contributed by atoms with Crippen molar-refractivity contribution in [1.82, 2.24) is 9.88 Å². The molecule has 2 aromatic carbocycles. The summed E-state index contributed by atoms with van der Waals surface area (Å²) in [6.07, 6.45) is 0.477. The molecule has 1 aliphatic heterocycles. The third kappa shape index (κ3) is 4.66. The largest absolute Gasteiger partial charge is 0.307 e. The Morgan fingerprint density at radius 3 is 2.55 bits per heavy atom. The van der Waals surface area contributed by atoms with Crippen molar-refractivity contribution in [1.29, 1.82) is 0 Å². The molecule has 152 valence electrons. The maximum Gasteiger partial charge on any atom is 0.241 e. The highest BCUT2D eigenvalue weighted by Crippen LogP contribution is 2.25. The van der Waals surface area contributed by atoms with E-state index in [-0.39, 0.29) is 30.0 Å². The second-order valence-electron chi connectivity index (χ2n) is 7.40. The van der Waals surface area contributed by atoms with Crippen molar-refractivity contribution in [3.8, 4) is 0 Å². The zero-order chi connectivity index (χ0) is 20.4. The van der Waals surface area contributed by atoms with Gasteiger partial charge in [-0.05, 0) is 37.7 Å². The molecule has 3 aromatic rings. The molecule has 1 fully saturated rings. The molecule has 0 saturated carbocycles. The van der Waals surface area contributed by atoms with Gasteiger partial charge in [-0.25, -0.2) is 13.4 Å². The van der Waals surface area contributed by atoms with Gasteiger partial charge in [0.05, 0.1) is 40.9 Å². The minimum atomic E-state index is -3.09. The molecule has 0 N–H and O–H groups in total. The van der Waals surface area contributed by atoms with Gasteiger partial charge < -0.3 is 4.90 Å². The molecule has 2 heterocycles. The van der Waals surface area contributed by atoms with Gasteiger partial charge in [0.2, 0.25) is 5.91 Å². The van der Waals surface area contributed by atoms with Crippen molar-refractivity contribution in [2.45, 2.75) is 19.0 Å². The lowest BCUT2D eigenvalue weighted by atomic mass is 10.1. The molecule has 1 aromatic heterocycles. The number of carbonyl (C=O) groups is 1. The number of aromatic nitrogens is 1. The Bertz CT molecular complexity index is 1080. The smallest absolute Gasteiger partial charge is 0.241 e. The van der Waals surface area contributed by atoms with Gasteiger partial charge in [-0.3, -0.25) is 9.69 Å². The number of nitrogens with zero attached hydrogens (tertiary/aromatic N) is 3. The van der Waals surface area contributed by atoms with Crippen LogP contribution >= 0.6 is 11.3 Å². The average Bonchev–Trinajstić information content (AvgIpc) is 3.24. The summed E-state index contributed by atoms with van der Waals surface area (Å²) in [7, 11) is -1.20. The predicted molar refractivity (Wildman–Crippen MR) is 117 cm³/mol. The molecule has 1 amide bonds. The summed E-state index contributed by atoms with van der Waals surface area (Å²) in [4.78, 5) is 21.4. The van der Waals surface area contributed by atoms with Crippen molar-refractivity contribution < 1.29 is 13.2 Å². The van der Waals surface area contributed by atoms with Crippen LogP contribution < -0.4 is 4.90 Å². The maximum atomic E-state index is 13.2. The fourth-order valence-corrected chi connectivity index (χ4v) is 6.45. The van der Waals surface area contributed by atoms with Crippen LogP contribution in [0.15, 0.2) is 54.6 Å². The number of para-hydroxylation sites is 2. The summed E-state index contributed by atoms with van der Waals surface area (Å²) in [6, 6.07) is 17.0. The molecule has 0 aliphatic carbocycles. The second kappa shape index (κ2) is 8.22. The first-order valence-electron chi connectivity index (χ1n) is 9.52. The van der Waals surface area contributed by atoms with Gasteiger partial charge in [0.25, 0.3) is 0 Å². The van der Waals surface area contributed by atoms with E-state index in [1.165, 1.54) is 0 Å². The van der Waals surface area contributed by atoms with E-state index in [0.717, 1.165) is 20.9 Å². The number of hydrogen-bond donors (Lipinski definition) is 0. The van der Waals surface area contributed by atoms with Crippen LogP contribution in [0.3, 0.4) is 0 Å². The van der Waals surface area contributed by atoms with Gasteiger partial charge >= 0.3 is 0 Å². The van der Waals surface area contributed by atoms with Crippen molar-refractivity contribution in [2.75, 3.05) is 30.0 Å². The number of hydrogen-bond acceptors (Lipinski definition) is 6. The molecule has 0 bridgehead atoms. The Hall–Kier alpha value is -2.29. The van der Waals surface area contributed by atoms with Gasteiger partial charge in [0.15, 0.2) is 9.84 Å². The van der Waals surface area contributed by atoms with Crippen LogP contribution in [-0.4, -0.2) is 55.3 Å². The monoisotopic (exact) mass is 429 g/mol. The van der Waals surface area contributed by atoms with Crippen LogP contribution in [0, 0.1) is 0 Å². The second-order valence-corrected chi connectivity index (χ2v) is 10.7. The highest BCUT2D eigenvalue weighted by molar-refractivity contribution is 7.91. The summed E-state index contributed by atoms with van der Waals surface area (Å²) >= 11 is 1.63. The number of rotatable bonds is 6. The Labute approximate surface area is 174 Å². The Balaban J connectivity index is 1.49. The first-order valence-corrected chi connectivity index (χ1v) is 12.2. The van der Waals surface area contributed by atoms with Gasteiger partial charge in [-0.1, -0.05) is 30.3 Å². The summed E-state index contributed by atoms with van der Waals surface area (Å²) in [5, 5.41) is 0.955. The number of benzene rings is 2. The van der Waals surface area contributed by atoms with Crippen LogP contribution in [0.4, 0.5) is 5.69 Å². The predicted octanol–water partition coefficient (Wildman–Crippen LogP) is 2.95. The Kier molecular flexibility index (Phi) is 5.67. The zero-order valence-electron chi connectivity index (χ0n) is 16.2. The molecule has 6 nitrogen and oxygen atoms in total. The standard InChI is InChI=1S/C21H23N3O3S2/c1-23(13-20-22-18-9-5-6-10-19(18)28-20)14-21(25)24(16-7-3-2-4-8-16)17-11-12-29(26,27)15-17/h2-10,17H,11-15H2,1H3. The molecule has 29 heavy (non-hydrogen) atoms. The minimum absolute atomic E-state index is 0.0230. The number of sulfone groups is 1. The van der Waals surface area contributed by atoms with Crippen LogP contribution in [0.5, 0.6) is 0 Å². The summed E-state index contributed by atoms with van der Waals surface area (Å²) in [5.41, 5.74) is 1.71. The van der Waals surface area contributed by atoms with Gasteiger partial charge in [-0.2, -0.15) is 0 Å². The minimum Gasteiger partial charge on any atom is -0.307 e. The lowest BCUT2D eigenvalue weighted by molar-refractivity contribution is -0.120. The van der Waals surface area contributed by atoms with Crippen molar-refractivity contribution >= 4 is 43.0 Å². The molecule has 0 radical (unpaired) electrons. The zero-order valence-corrected chi connectivity index (χ0v) is 17.8. The first-order chi connectivity index (χ1) is 13.9. The van der Waals surface area contributed by atoms with E-state index in [4.69, 9.17) is 0 Å². The van der Waals surface area contributed by atoms with Crippen LogP contribution in [0.2, 0.25) is 0 Å². The molecular formula is C21H23N3O3S2. The molecule has 8 heteroatoms. The van der Waals surface area contributed by atoms with Gasteiger partial charge in [-0.15, -0.1) is 11.3 Å². The van der Waals surface area contributed by atoms with Gasteiger partial charge in [0, 0.05) is 5.69 Å². The summed E-state index contributed by atoms with van der Waals surface area (Å²) in [5.74, 6) is 0.0623. The van der Waals surface area contributed by atoms with Crippen molar-refractivity contribution in [3.63, 3.8) is 0 Å². The van der Waals surface area contributed by atoms with Crippen LogP contribution in [0.1, 0.15) is 11.4 Å². The van der Waals surface area contributed by atoms with E-state index in [1.54, 1.807) is 16.2 Å². The average molecular weight is 430 g/mol. The number of fused-ring (bicyclic) bond motifs is 1. The van der Waals surface area contributed by atoms with Crippen molar-refractivity contribution in [3.05, 3.63) is 59.6 Å². The van der Waals surface area contributed by atoms with Gasteiger partial charge in [0.1, 0.15) is 5.01 Å². The molecule has 0 spiro atoms. The molecular weight excluding hydrogens is 406 g/mol. The third-order valence-corrected chi connectivity index (χ3v) is 7.80. The van der Waals surface area contributed by atoms with Crippen LogP contribution in [0.25, 0.3) is 10.2 Å². The van der Waals surface area contributed by atoms with E-state index in [0.29, 0.717) is 13.0 Å². The highest BCUT2D eigenvalue weighted by atomic mass is 32.2. The molecule has 1 aliphatic rings. The van der Waals surface area contributed by atoms with E-state index < -0.39 is 9.84 Å². The normalized spacial score (nSPS) is 18.3. The van der Waals surface area contributed by atoms with E-state index in [1.807, 2.05) is 66.5 Å². The van der Waals surface area contributed by atoms with E-state index in [9.17, 15) is 13.2 Å². The van der Waals surface area contributed by atoms with Crippen molar-refractivity contribution in [2.24, 2.45) is 0 Å². The number of likely N-dealkylation sites (N-methyl/N-ethyl adjacent to an activating group) is 1. The van der Waals surface area contributed by atoms with Crippen LogP contribution in [-0.2, 0) is 21.2 Å². The highest BCUT2D eigenvalue weighted by Gasteiger charge is 2.35. The number of amides is 1. The van der Waals surface area contributed by atoms with E-state index in [2.05, 4.69) is 4.98 Å². The Morgan fingerprint density at radius 2 is 1.86 bits per heavy atom. The first kappa shape index (κ1) is 20.0. The summed E-state index contributed by atoms with van der Waals surface area (Å²) in [6.45, 7) is 0.762. The maximum absolute atomic E-state index is 13.2. The lowest BCUT2D eigenvalue weighted by Gasteiger charge is -2.30. The molecule has 4 rings (SSSR count). The fraction of sp³-hybridized carbons (Fsp3) is 0.333. The lowest BCUT2D eigenvalue weighted by Crippen LogP contribution is -2.45. The SMILES string of the molecule is CN(CC(=O)N(c1ccccc1)C1CCS(=O)(=O)C1)Cc1nc2ccccc2s1. The number of anilines is 1. The molecule has 1 atom stereocenters. The molecule has 1 saturated heterocycles. The molecule has 1 unspecified atom stereocenters. The topological polar surface area (TPSA) is 70.6 Å². The quantitative estimate of drug-likeness (QED) is 0.603. The fourth-order valence-electron chi connectivity index (χ4n) is 3.71. The van der Waals surface area contributed by atoms with E-state index >= 15 is 0 Å². The summed E-state index contributed by atoms with van der Waals surface area (Å²) < 4.78 is 25.1. The number of carbonyl (C=O) groups excluding carboxylic acids is 1.